The van der Waals surface area contributed by atoms with E-state index in [1.165, 1.54) is 0 Å². The van der Waals surface area contributed by atoms with Gasteiger partial charge in [-0.2, -0.15) is 0 Å². The lowest BCUT2D eigenvalue weighted by molar-refractivity contribution is 0.0267. The Labute approximate surface area is 68.2 Å². The van der Waals surface area contributed by atoms with Crippen molar-refractivity contribution in [2.75, 3.05) is 0 Å². The maximum Gasteiger partial charge on any atom is 0.0795 e. The van der Waals surface area contributed by atoms with Gasteiger partial charge in [-0.15, -0.1) is 12.4 Å². The molecule has 0 aliphatic heterocycles. The number of hydrogen-bond acceptors (Lipinski definition) is 2. The SMILES string of the molecule is CC(N)C1(O)CCCC1.Cl. The summed E-state index contributed by atoms with van der Waals surface area (Å²) in [6.45, 7) is 1.88. The lowest BCUT2D eigenvalue weighted by Gasteiger charge is -2.26. The van der Waals surface area contributed by atoms with Crippen LogP contribution in [0.15, 0.2) is 0 Å². The lowest BCUT2D eigenvalue weighted by atomic mass is 9.95. The van der Waals surface area contributed by atoms with Crippen LogP contribution in [-0.2, 0) is 0 Å². The first kappa shape index (κ1) is 10.2. The summed E-state index contributed by atoms with van der Waals surface area (Å²) >= 11 is 0. The van der Waals surface area contributed by atoms with Gasteiger partial charge in [0.15, 0.2) is 0 Å². The number of nitrogens with two attached hydrogens (primary N) is 1. The number of hydrogen-bond donors (Lipinski definition) is 2. The first-order chi connectivity index (χ1) is 4.15. The zero-order chi connectivity index (χ0) is 6.91. The van der Waals surface area contributed by atoms with Crippen LogP contribution in [0.3, 0.4) is 0 Å². The molecule has 0 aromatic heterocycles. The summed E-state index contributed by atoms with van der Waals surface area (Å²) in [5.74, 6) is 0. The topological polar surface area (TPSA) is 46.2 Å². The summed E-state index contributed by atoms with van der Waals surface area (Å²) in [4.78, 5) is 0. The van der Waals surface area contributed by atoms with Crippen LogP contribution in [0.4, 0.5) is 0 Å². The average molecular weight is 166 g/mol. The molecule has 1 unspecified atom stereocenters. The third-order valence-corrected chi connectivity index (χ3v) is 2.32. The largest absolute Gasteiger partial charge is 0.388 e. The van der Waals surface area contributed by atoms with Crippen molar-refractivity contribution in [1.29, 1.82) is 0 Å². The molecule has 0 radical (unpaired) electrons. The second-order valence-electron chi connectivity index (χ2n) is 3.10. The molecule has 3 heteroatoms. The Morgan fingerprint density at radius 3 is 2.00 bits per heavy atom. The van der Waals surface area contributed by atoms with Gasteiger partial charge in [0.05, 0.1) is 5.60 Å². The van der Waals surface area contributed by atoms with Gasteiger partial charge in [-0.3, -0.25) is 0 Å². The third kappa shape index (κ3) is 1.84. The van der Waals surface area contributed by atoms with E-state index in [0.717, 1.165) is 25.7 Å². The highest BCUT2D eigenvalue weighted by Gasteiger charge is 2.34. The molecule has 0 aromatic rings. The van der Waals surface area contributed by atoms with Crippen LogP contribution >= 0.6 is 12.4 Å². The van der Waals surface area contributed by atoms with Crippen LogP contribution in [0, 0.1) is 0 Å². The summed E-state index contributed by atoms with van der Waals surface area (Å²) in [7, 11) is 0. The first-order valence-electron chi connectivity index (χ1n) is 3.63. The summed E-state index contributed by atoms with van der Waals surface area (Å²) in [5.41, 5.74) is 5.05. The summed E-state index contributed by atoms with van der Waals surface area (Å²) in [6, 6.07) is -0.0556. The predicted molar refractivity (Wildman–Crippen MR) is 44.3 cm³/mol. The Kier molecular flexibility index (Phi) is 3.63. The fourth-order valence-corrected chi connectivity index (χ4v) is 1.44. The summed E-state index contributed by atoms with van der Waals surface area (Å²) in [5, 5.41) is 9.64. The second kappa shape index (κ2) is 3.56. The number of rotatable bonds is 1. The van der Waals surface area contributed by atoms with Crippen molar-refractivity contribution < 1.29 is 5.11 Å². The van der Waals surface area contributed by atoms with Gasteiger partial charge in [0, 0.05) is 6.04 Å². The van der Waals surface area contributed by atoms with Crippen molar-refractivity contribution in [3.05, 3.63) is 0 Å². The van der Waals surface area contributed by atoms with E-state index in [2.05, 4.69) is 0 Å². The van der Waals surface area contributed by atoms with Crippen molar-refractivity contribution in [1.82, 2.24) is 0 Å². The highest BCUT2D eigenvalue weighted by molar-refractivity contribution is 5.85. The standard InChI is InChI=1S/C7H15NO.ClH/c1-6(8)7(9)4-2-3-5-7;/h6,9H,2-5,8H2,1H3;1H. The average Bonchev–Trinajstić information content (AvgIpc) is 2.16. The van der Waals surface area contributed by atoms with Gasteiger partial charge >= 0.3 is 0 Å². The molecule has 1 saturated carbocycles. The summed E-state index contributed by atoms with van der Waals surface area (Å²) in [6.07, 6.45) is 4.06. The quantitative estimate of drug-likeness (QED) is 0.611. The molecule has 62 valence electrons. The van der Waals surface area contributed by atoms with Crippen molar-refractivity contribution >= 4 is 12.4 Å². The molecule has 1 atom stereocenters. The molecule has 0 heterocycles. The Balaban J connectivity index is 0.000000810. The van der Waals surface area contributed by atoms with E-state index >= 15 is 0 Å². The maximum atomic E-state index is 9.64. The second-order valence-corrected chi connectivity index (χ2v) is 3.10. The van der Waals surface area contributed by atoms with Crippen molar-refractivity contribution in [3.8, 4) is 0 Å². The molecule has 1 aliphatic carbocycles. The van der Waals surface area contributed by atoms with Gasteiger partial charge in [0.1, 0.15) is 0 Å². The molecule has 0 amide bonds. The molecular weight excluding hydrogens is 150 g/mol. The van der Waals surface area contributed by atoms with E-state index in [1.54, 1.807) is 0 Å². The Morgan fingerprint density at radius 2 is 1.80 bits per heavy atom. The smallest absolute Gasteiger partial charge is 0.0795 e. The molecule has 1 fully saturated rings. The lowest BCUT2D eigenvalue weighted by Crippen LogP contribution is -2.43. The molecule has 10 heavy (non-hydrogen) atoms. The van der Waals surface area contributed by atoms with Crippen molar-refractivity contribution in [2.24, 2.45) is 5.73 Å². The normalized spacial score (nSPS) is 25.5. The Morgan fingerprint density at radius 1 is 1.40 bits per heavy atom. The van der Waals surface area contributed by atoms with Crippen LogP contribution in [0.25, 0.3) is 0 Å². The predicted octanol–water partition coefficient (Wildman–Crippen LogP) is 1.06. The first-order valence-corrected chi connectivity index (χ1v) is 3.63. The highest BCUT2D eigenvalue weighted by Crippen LogP contribution is 2.31. The van der Waals surface area contributed by atoms with Gasteiger partial charge in [0.25, 0.3) is 0 Å². The molecular formula is C7H16ClNO. The van der Waals surface area contributed by atoms with E-state index in [4.69, 9.17) is 5.73 Å². The van der Waals surface area contributed by atoms with Gasteiger partial charge in [0.2, 0.25) is 0 Å². The van der Waals surface area contributed by atoms with E-state index in [9.17, 15) is 5.11 Å². The molecule has 0 aromatic carbocycles. The minimum atomic E-state index is -0.528. The van der Waals surface area contributed by atoms with E-state index < -0.39 is 5.60 Å². The minimum Gasteiger partial charge on any atom is -0.388 e. The van der Waals surface area contributed by atoms with Crippen LogP contribution in [0.1, 0.15) is 32.6 Å². The molecule has 0 spiro atoms. The van der Waals surface area contributed by atoms with Crippen LogP contribution < -0.4 is 5.73 Å². The molecule has 2 nitrogen and oxygen atoms in total. The zero-order valence-electron chi connectivity index (χ0n) is 6.34. The van der Waals surface area contributed by atoms with Crippen LogP contribution in [0.2, 0.25) is 0 Å². The number of halogens is 1. The minimum absolute atomic E-state index is 0. The maximum absolute atomic E-state index is 9.64. The zero-order valence-corrected chi connectivity index (χ0v) is 7.16. The van der Waals surface area contributed by atoms with Crippen LogP contribution in [0.5, 0.6) is 0 Å². The van der Waals surface area contributed by atoms with Crippen molar-refractivity contribution in [3.63, 3.8) is 0 Å². The fourth-order valence-electron chi connectivity index (χ4n) is 1.44. The van der Waals surface area contributed by atoms with Gasteiger partial charge in [-0.1, -0.05) is 12.8 Å². The van der Waals surface area contributed by atoms with Crippen LogP contribution in [-0.4, -0.2) is 16.7 Å². The van der Waals surface area contributed by atoms with E-state index in [1.807, 2.05) is 6.92 Å². The van der Waals surface area contributed by atoms with E-state index in [0.29, 0.717) is 0 Å². The van der Waals surface area contributed by atoms with Gasteiger partial charge in [-0.25, -0.2) is 0 Å². The fraction of sp³-hybridized carbons (Fsp3) is 1.00. The van der Waals surface area contributed by atoms with E-state index in [-0.39, 0.29) is 18.4 Å². The monoisotopic (exact) mass is 165 g/mol. The third-order valence-electron chi connectivity index (χ3n) is 2.32. The molecule has 0 saturated heterocycles. The van der Waals surface area contributed by atoms with Gasteiger partial charge < -0.3 is 10.8 Å². The summed E-state index contributed by atoms with van der Waals surface area (Å²) < 4.78 is 0. The Hall–Kier alpha value is 0.210. The van der Waals surface area contributed by atoms with Gasteiger partial charge in [-0.05, 0) is 19.8 Å². The Bertz CT molecular complexity index is 99.8. The van der Waals surface area contributed by atoms with Crippen molar-refractivity contribution in [2.45, 2.75) is 44.2 Å². The molecule has 1 rings (SSSR count). The number of aliphatic hydroxyl groups is 1. The molecule has 0 bridgehead atoms. The highest BCUT2D eigenvalue weighted by atomic mass is 35.5. The molecule has 3 N–H and O–H groups in total. The molecule has 1 aliphatic rings.